The second kappa shape index (κ2) is 6.84. The van der Waals surface area contributed by atoms with Crippen molar-refractivity contribution in [2.75, 3.05) is 0 Å². The zero-order chi connectivity index (χ0) is 18.9. The van der Waals surface area contributed by atoms with Gasteiger partial charge < -0.3 is 9.84 Å². The second-order valence-electron chi connectivity index (χ2n) is 5.95. The molecule has 0 bridgehead atoms. The van der Waals surface area contributed by atoms with Crippen molar-refractivity contribution in [3.63, 3.8) is 0 Å². The molecular formula is C19H17F3N2O2. The number of nitrogens with zero attached hydrogens (tertiary/aromatic N) is 2. The van der Waals surface area contributed by atoms with Crippen molar-refractivity contribution in [3.05, 3.63) is 65.5 Å². The number of alkyl halides is 3. The van der Waals surface area contributed by atoms with Crippen LogP contribution in [0.1, 0.15) is 17.0 Å². The van der Waals surface area contributed by atoms with Crippen LogP contribution < -0.4 is 4.74 Å². The van der Waals surface area contributed by atoms with Gasteiger partial charge in [-0.05, 0) is 49.2 Å². The van der Waals surface area contributed by atoms with E-state index < -0.39 is 6.36 Å². The van der Waals surface area contributed by atoms with Crippen molar-refractivity contribution in [3.8, 4) is 22.6 Å². The maximum atomic E-state index is 12.7. The summed E-state index contributed by atoms with van der Waals surface area (Å²) in [6.45, 7) is 3.51. The normalized spacial score (nSPS) is 11.6. The average Bonchev–Trinajstić information content (AvgIpc) is 2.94. The van der Waals surface area contributed by atoms with Gasteiger partial charge >= 0.3 is 6.36 Å². The van der Waals surface area contributed by atoms with Gasteiger partial charge in [-0.25, -0.2) is 4.68 Å². The van der Waals surface area contributed by atoms with Gasteiger partial charge in [0.1, 0.15) is 5.75 Å². The molecular weight excluding hydrogens is 345 g/mol. The lowest BCUT2D eigenvalue weighted by atomic mass is 10.0. The molecule has 2 aromatic carbocycles. The van der Waals surface area contributed by atoms with Gasteiger partial charge in [0.05, 0.1) is 18.0 Å². The van der Waals surface area contributed by atoms with Gasteiger partial charge in [0.25, 0.3) is 0 Å². The minimum absolute atomic E-state index is 0.186. The summed E-state index contributed by atoms with van der Waals surface area (Å²) in [6, 6.07) is 13.2. The molecule has 0 unspecified atom stereocenters. The Labute approximate surface area is 148 Å². The molecule has 1 N–H and O–H groups in total. The first-order valence-corrected chi connectivity index (χ1v) is 7.90. The van der Waals surface area contributed by atoms with Gasteiger partial charge in [-0.1, -0.05) is 24.3 Å². The minimum Gasteiger partial charge on any atom is -0.405 e. The van der Waals surface area contributed by atoms with E-state index in [1.165, 1.54) is 12.1 Å². The zero-order valence-electron chi connectivity index (χ0n) is 14.2. The van der Waals surface area contributed by atoms with Crippen LogP contribution in [0.25, 0.3) is 16.8 Å². The highest BCUT2D eigenvalue weighted by molar-refractivity contribution is 5.73. The molecule has 7 heteroatoms. The molecule has 1 heterocycles. The SMILES string of the molecule is Cc1cc(-c2ccccc2OC(F)(F)F)cc(-n2nc(CO)cc2C)c1. The first-order valence-electron chi connectivity index (χ1n) is 7.90. The molecule has 26 heavy (non-hydrogen) atoms. The fraction of sp³-hybridized carbons (Fsp3) is 0.211. The summed E-state index contributed by atoms with van der Waals surface area (Å²) >= 11 is 0. The molecule has 0 aliphatic rings. The molecule has 0 aliphatic carbocycles. The topological polar surface area (TPSA) is 47.3 Å². The molecule has 0 radical (unpaired) electrons. The molecule has 0 spiro atoms. The van der Waals surface area contributed by atoms with Crippen LogP contribution in [0.5, 0.6) is 5.75 Å². The molecule has 0 atom stereocenters. The molecule has 0 saturated heterocycles. The Morgan fingerprint density at radius 1 is 1.08 bits per heavy atom. The lowest BCUT2D eigenvalue weighted by Crippen LogP contribution is -2.17. The molecule has 3 aromatic rings. The quantitative estimate of drug-likeness (QED) is 0.741. The molecule has 1 aromatic heterocycles. The number of aliphatic hydroxyl groups excluding tert-OH is 1. The fourth-order valence-electron chi connectivity index (χ4n) is 2.84. The predicted octanol–water partition coefficient (Wildman–Crippen LogP) is 4.55. The van der Waals surface area contributed by atoms with E-state index in [0.717, 1.165) is 11.3 Å². The Morgan fingerprint density at radius 3 is 2.46 bits per heavy atom. The highest BCUT2D eigenvalue weighted by Crippen LogP contribution is 2.35. The van der Waals surface area contributed by atoms with Gasteiger partial charge in [-0.3, -0.25) is 0 Å². The second-order valence-corrected chi connectivity index (χ2v) is 5.95. The molecule has 0 aliphatic heterocycles. The monoisotopic (exact) mass is 362 g/mol. The first-order chi connectivity index (χ1) is 12.3. The standard InChI is InChI=1S/C19H17F3N2O2/c1-12-7-14(17-5-3-4-6-18(17)26-19(20,21)22)10-16(8-12)24-13(2)9-15(11-25)23-24/h3-10,25H,11H2,1-2H3. The number of hydrogen-bond acceptors (Lipinski definition) is 3. The van der Waals surface area contributed by atoms with Crippen LogP contribution in [0.15, 0.2) is 48.5 Å². The molecule has 136 valence electrons. The lowest BCUT2D eigenvalue weighted by Gasteiger charge is -2.15. The van der Waals surface area contributed by atoms with E-state index in [4.69, 9.17) is 0 Å². The Balaban J connectivity index is 2.10. The molecule has 3 rings (SSSR count). The third-order valence-corrected chi connectivity index (χ3v) is 3.83. The van der Waals surface area contributed by atoms with Crippen LogP contribution in [0.4, 0.5) is 13.2 Å². The van der Waals surface area contributed by atoms with Crippen LogP contribution in [0.3, 0.4) is 0 Å². The van der Waals surface area contributed by atoms with Crippen LogP contribution in [0, 0.1) is 13.8 Å². The first kappa shape index (κ1) is 18.0. The van der Waals surface area contributed by atoms with Crippen molar-refractivity contribution in [1.82, 2.24) is 9.78 Å². The minimum atomic E-state index is -4.77. The largest absolute Gasteiger partial charge is 0.573 e. The van der Waals surface area contributed by atoms with Crippen molar-refractivity contribution < 1.29 is 23.0 Å². The Morgan fingerprint density at radius 2 is 1.81 bits per heavy atom. The number of aryl methyl sites for hydroxylation is 2. The smallest absolute Gasteiger partial charge is 0.405 e. The summed E-state index contributed by atoms with van der Waals surface area (Å²) in [6.07, 6.45) is -4.77. The number of benzene rings is 2. The van der Waals surface area contributed by atoms with E-state index in [1.54, 1.807) is 35.0 Å². The highest BCUT2D eigenvalue weighted by Gasteiger charge is 2.32. The van der Waals surface area contributed by atoms with Crippen molar-refractivity contribution >= 4 is 0 Å². The predicted molar refractivity (Wildman–Crippen MR) is 91.1 cm³/mol. The van der Waals surface area contributed by atoms with Gasteiger partial charge in [0.2, 0.25) is 0 Å². The lowest BCUT2D eigenvalue weighted by molar-refractivity contribution is -0.274. The summed E-state index contributed by atoms with van der Waals surface area (Å²) in [5, 5.41) is 13.6. The summed E-state index contributed by atoms with van der Waals surface area (Å²) in [5.74, 6) is -0.259. The molecule has 0 fully saturated rings. The summed E-state index contributed by atoms with van der Waals surface area (Å²) in [5.41, 5.74) is 3.80. The third-order valence-electron chi connectivity index (χ3n) is 3.83. The zero-order valence-corrected chi connectivity index (χ0v) is 14.2. The van der Waals surface area contributed by atoms with Crippen LogP contribution in [-0.2, 0) is 6.61 Å². The number of hydrogen-bond donors (Lipinski definition) is 1. The van der Waals surface area contributed by atoms with Crippen LogP contribution in [0.2, 0.25) is 0 Å². The van der Waals surface area contributed by atoms with E-state index in [9.17, 15) is 18.3 Å². The number of aliphatic hydroxyl groups is 1. The van der Waals surface area contributed by atoms with Crippen LogP contribution in [-0.4, -0.2) is 21.2 Å². The maximum Gasteiger partial charge on any atom is 0.573 e. The highest BCUT2D eigenvalue weighted by atomic mass is 19.4. The number of ether oxygens (including phenoxy) is 1. The Bertz CT molecular complexity index is 933. The average molecular weight is 362 g/mol. The molecule has 0 amide bonds. The molecule has 4 nitrogen and oxygen atoms in total. The van der Waals surface area contributed by atoms with Gasteiger partial charge in [0.15, 0.2) is 0 Å². The fourth-order valence-corrected chi connectivity index (χ4v) is 2.84. The van der Waals surface area contributed by atoms with Crippen molar-refractivity contribution in [2.45, 2.75) is 26.8 Å². The third kappa shape index (κ3) is 3.88. The summed E-state index contributed by atoms with van der Waals surface area (Å²) < 4.78 is 43.9. The number of aromatic nitrogens is 2. The number of para-hydroxylation sites is 1. The summed E-state index contributed by atoms with van der Waals surface area (Å²) in [7, 11) is 0. The van der Waals surface area contributed by atoms with Gasteiger partial charge in [-0.2, -0.15) is 5.10 Å². The van der Waals surface area contributed by atoms with E-state index in [-0.39, 0.29) is 12.4 Å². The summed E-state index contributed by atoms with van der Waals surface area (Å²) in [4.78, 5) is 0. The maximum absolute atomic E-state index is 12.7. The van der Waals surface area contributed by atoms with E-state index in [0.29, 0.717) is 22.5 Å². The van der Waals surface area contributed by atoms with E-state index in [2.05, 4.69) is 9.84 Å². The molecule has 0 saturated carbocycles. The Hall–Kier alpha value is -2.80. The van der Waals surface area contributed by atoms with Crippen LogP contribution >= 0.6 is 0 Å². The number of rotatable bonds is 4. The number of halogens is 3. The van der Waals surface area contributed by atoms with Gasteiger partial charge in [-0.15, -0.1) is 13.2 Å². The van der Waals surface area contributed by atoms with Crippen molar-refractivity contribution in [2.24, 2.45) is 0 Å². The van der Waals surface area contributed by atoms with Gasteiger partial charge in [0, 0.05) is 11.3 Å². The van der Waals surface area contributed by atoms with E-state index in [1.807, 2.05) is 19.9 Å². The van der Waals surface area contributed by atoms with Crippen molar-refractivity contribution in [1.29, 1.82) is 0 Å². The van der Waals surface area contributed by atoms with E-state index >= 15 is 0 Å². The Kier molecular flexibility index (Phi) is 4.73.